The molecular weight excluding hydrogens is 188 g/mol. The van der Waals surface area contributed by atoms with Gasteiger partial charge in [0.25, 0.3) is 0 Å². The number of ketones is 1. The molecule has 13 heavy (non-hydrogen) atoms. The molecule has 0 aliphatic carbocycles. The second-order valence-corrected chi connectivity index (χ2v) is 3.42. The van der Waals surface area contributed by atoms with Gasteiger partial charge in [0, 0.05) is 23.4 Å². The van der Waals surface area contributed by atoms with E-state index in [9.17, 15) is 4.79 Å². The third kappa shape index (κ3) is 1.55. The summed E-state index contributed by atoms with van der Waals surface area (Å²) < 4.78 is 14.1. The first-order chi connectivity index (χ1) is 6.31. The van der Waals surface area contributed by atoms with Crippen molar-refractivity contribution in [3.63, 3.8) is 0 Å². The van der Waals surface area contributed by atoms with Crippen LogP contribution in [0.25, 0.3) is 0 Å². The fourth-order valence-electron chi connectivity index (χ4n) is 1.30. The first-order valence-corrected chi connectivity index (χ1v) is 4.70. The maximum absolute atomic E-state index is 11.3. The number of carbonyl (C=O) groups is 1. The molecule has 0 fully saturated rings. The Hall–Kier alpha value is -1.00. The third-order valence-electron chi connectivity index (χ3n) is 1.95. The van der Waals surface area contributed by atoms with Gasteiger partial charge >= 0.3 is 0 Å². The number of benzene rings is 1. The predicted octanol–water partition coefficient (Wildman–Crippen LogP) is 2.22. The van der Waals surface area contributed by atoms with Gasteiger partial charge in [-0.3, -0.25) is 4.79 Å². The molecule has 1 N–H and O–H groups in total. The van der Waals surface area contributed by atoms with Crippen molar-refractivity contribution in [2.24, 2.45) is 0 Å². The molecule has 0 amide bonds. The minimum atomic E-state index is 0.107. The maximum Gasteiger partial charge on any atom is 0.169 e. The molecule has 0 bridgehead atoms. The Balaban J connectivity index is 2.45. The highest BCUT2D eigenvalue weighted by molar-refractivity contribution is 7.93. The van der Waals surface area contributed by atoms with Crippen molar-refractivity contribution in [2.75, 3.05) is 6.61 Å². The standard InChI is InChI=1S/C9H8O3S/c10-8-3-4-12-9-5-6(13-11)1-2-7(8)9/h1-2,5,11H,3-4H2. The fourth-order valence-corrected chi connectivity index (χ4v) is 1.59. The number of rotatable bonds is 1. The zero-order valence-electron chi connectivity index (χ0n) is 6.82. The first kappa shape index (κ1) is 8.59. The van der Waals surface area contributed by atoms with Crippen molar-refractivity contribution in [2.45, 2.75) is 11.3 Å². The maximum atomic E-state index is 11.3. The van der Waals surface area contributed by atoms with E-state index in [1.165, 1.54) is 0 Å². The van der Waals surface area contributed by atoms with Gasteiger partial charge in [-0.1, -0.05) is 0 Å². The number of ether oxygens (including phenoxy) is 1. The molecule has 2 rings (SSSR count). The largest absolute Gasteiger partial charge is 0.492 e. The van der Waals surface area contributed by atoms with Crippen LogP contribution in [0.2, 0.25) is 0 Å². The highest BCUT2D eigenvalue weighted by atomic mass is 32.2. The molecule has 1 aromatic rings. The van der Waals surface area contributed by atoms with Crippen molar-refractivity contribution in [1.82, 2.24) is 0 Å². The minimum Gasteiger partial charge on any atom is -0.492 e. The summed E-state index contributed by atoms with van der Waals surface area (Å²) in [7, 11) is 0. The van der Waals surface area contributed by atoms with Crippen molar-refractivity contribution in [3.8, 4) is 5.75 Å². The van der Waals surface area contributed by atoms with Gasteiger partial charge in [-0.25, -0.2) is 0 Å². The average Bonchev–Trinajstić information content (AvgIpc) is 2.18. The molecule has 1 heterocycles. The molecule has 0 aromatic heterocycles. The van der Waals surface area contributed by atoms with Crippen LogP contribution in [0.3, 0.4) is 0 Å². The lowest BCUT2D eigenvalue weighted by Gasteiger charge is -2.16. The average molecular weight is 196 g/mol. The summed E-state index contributed by atoms with van der Waals surface area (Å²) in [4.78, 5) is 12.0. The number of hydrogen-bond acceptors (Lipinski definition) is 4. The van der Waals surface area contributed by atoms with Crippen LogP contribution in [0.15, 0.2) is 23.1 Å². The smallest absolute Gasteiger partial charge is 0.169 e. The zero-order chi connectivity index (χ0) is 9.26. The molecule has 1 aromatic carbocycles. The van der Waals surface area contributed by atoms with Crippen LogP contribution in [0, 0.1) is 0 Å². The van der Waals surface area contributed by atoms with E-state index in [0.29, 0.717) is 41.3 Å². The van der Waals surface area contributed by atoms with Crippen LogP contribution in [0.5, 0.6) is 5.75 Å². The number of hydrogen-bond donors (Lipinski definition) is 1. The summed E-state index contributed by atoms with van der Waals surface area (Å²) in [6, 6.07) is 5.07. The molecule has 0 spiro atoms. The third-order valence-corrected chi connectivity index (χ3v) is 2.41. The Morgan fingerprint density at radius 2 is 2.31 bits per heavy atom. The van der Waals surface area contributed by atoms with E-state index in [0.717, 1.165) is 0 Å². The van der Waals surface area contributed by atoms with Crippen molar-refractivity contribution < 1.29 is 14.1 Å². The van der Waals surface area contributed by atoms with E-state index >= 15 is 0 Å². The lowest BCUT2D eigenvalue weighted by atomic mass is 10.1. The van der Waals surface area contributed by atoms with Crippen LogP contribution < -0.4 is 4.74 Å². The summed E-state index contributed by atoms with van der Waals surface area (Å²) in [6.07, 6.45) is 0.443. The van der Waals surface area contributed by atoms with Gasteiger partial charge in [0.05, 0.1) is 12.2 Å². The van der Waals surface area contributed by atoms with Crippen LogP contribution in [0.4, 0.5) is 0 Å². The molecule has 0 radical (unpaired) electrons. The van der Waals surface area contributed by atoms with Crippen molar-refractivity contribution in [3.05, 3.63) is 23.8 Å². The second-order valence-electron chi connectivity index (χ2n) is 2.77. The van der Waals surface area contributed by atoms with Crippen LogP contribution in [-0.4, -0.2) is 16.9 Å². The molecule has 4 heteroatoms. The van der Waals surface area contributed by atoms with E-state index in [2.05, 4.69) is 0 Å². The predicted molar refractivity (Wildman–Crippen MR) is 49.4 cm³/mol. The summed E-state index contributed by atoms with van der Waals surface area (Å²) in [5.41, 5.74) is 0.615. The van der Waals surface area contributed by atoms with Gasteiger partial charge in [-0.15, -0.1) is 0 Å². The molecule has 3 nitrogen and oxygen atoms in total. The van der Waals surface area contributed by atoms with Crippen LogP contribution in [0.1, 0.15) is 16.8 Å². The molecule has 0 saturated heterocycles. The molecule has 0 unspecified atom stereocenters. The summed E-state index contributed by atoms with van der Waals surface area (Å²) in [5, 5.41) is 0. The number of fused-ring (bicyclic) bond motifs is 1. The van der Waals surface area contributed by atoms with E-state index < -0.39 is 0 Å². The summed E-state index contributed by atoms with van der Waals surface area (Å²) >= 11 is 0.652. The van der Waals surface area contributed by atoms with Crippen molar-refractivity contribution >= 4 is 17.8 Å². The Kier molecular flexibility index (Phi) is 2.24. The van der Waals surface area contributed by atoms with Gasteiger partial charge < -0.3 is 9.29 Å². The van der Waals surface area contributed by atoms with Gasteiger partial charge in [0.2, 0.25) is 0 Å². The Bertz CT molecular complexity index is 349. The first-order valence-electron chi connectivity index (χ1n) is 3.93. The monoisotopic (exact) mass is 196 g/mol. The number of carbonyl (C=O) groups excluding carboxylic acids is 1. The Morgan fingerprint density at radius 1 is 1.46 bits per heavy atom. The van der Waals surface area contributed by atoms with Crippen LogP contribution >= 0.6 is 12.0 Å². The molecule has 1 aliphatic heterocycles. The van der Waals surface area contributed by atoms with Crippen molar-refractivity contribution in [1.29, 1.82) is 0 Å². The lowest BCUT2D eigenvalue weighted by molar-refractivity contribution is 0.0933. The van der Waals surface area contributed by atoms with Gasteiger partial charge in [0.15, 0.2) is 5.78 Å². The summed E-state index contributed by atoms with van der Waals surface area (Å²) in [5.74, 6) is 0.686. The van der Waals surface area contributed by atoms with E-state index in [4.69, 9.17) is 9.29 Å². The van der Waals surface area contributed by atoms with Gasteiger partial charge in [0.1, 0.15) is 5.75 Å². The normalized spacial score (nSPS) is 15.0. The van der Waals surface area contributed by atoms with E-state index in [1.54, 1.807) is 18.2 Å². The fraction of sp³-hybridized carbons (Fsp3) is 0.222. The summed E-state index contributed by atoms with van der Waals surface area (Å²) in [6.45, 7) is 0.436. The quantitative estimate of drug-likeness (QED) is 0.699. The second kappa shape index (κ2) is 3.40. The van der Waals surface area contributed by atoms with Crippen LogP contribution in [-0.2, 0) is 0 Å². The molecule has 0 saturated carbocycles. The van der Waals surface area contributed by atoms with Gasteiger partial charge in [-0.2, -0.15) is 0 Å². The topological polar surface area (TPSA) is 46.5 Å². The van der Waals surface area contributed by atoms with E-state index in [1.807, 2.05) is 0 Å². The Morgan fingerprint density at radius 3 is 3.08 bits per heavy atom. The molecule has 1 aliphatic rings. The SMILES string of the molecule is O=C1CCOc2cc(SO)ccc21. The van der Waals surface area contributed by atoms with Gasteiger partial charge in [-0.05, 0) is 18.2 Å². The molecular formula is C9H8O3S. The molecule has 0 atom stereocenters. The highest BCUT2D eigenvalue weighted by Gasteiger charge is 2.18. The Labute approximate surface area is 79.9 Å². The highest BCUT2D eigenvalue weighted by Crippen LogP contribution is 2.28. The van der Waals surface area contributed by atoms with E-state index in [-0.39, 0.29) is 5.78 Å². The minimum absolute atomic E-state index is 0.107. The number of Topliss-reactive ketones (excluding diaryl/α,β-unsaturated/α-hetero) is 1. The molecule has 68 valence electrons. The lowest BCUT2D eigenvalue weighted by Crippen LogP contribution is -2.14. The zero-order valence-corrected chi connectivity index (χ0v) is 7.63.